The lowest BCUT2D eigenvalue weighted by Gasteiger charge is -2.18. The van der Waals surface area contributed by atoms with E-state index in [0.717, 1.165) is 24.3 Å². The predicted molar refractivity (Wildman–Crippen MR) is 94.4 cm³/mol. The summed E-state index contributed by atoms with van der Waals surface area (Å²) in [4.78, 5) is 0.924. The van der Waals surface area contributed by atoms with Gasteiger partial charge >= 0.3 is 0 Å². The summed E-state index contributed by atoms with van der Waals surface area (Å²) in [6.07, 6.45) is 2.14. The molecular weight excluding hydrogens is 290 g/mol. The van der Waals surface area contributed by atoms with E-state index in [1.165, 1.54) is 11.1 Å². The SMILES string of the molecule is CCC[C@H](CS(=O)c1ccc(C)cc1)NCc1ccccc1. The van der Waals surface area contributed by atoms with Crippen LogP contribution in [-0.2, 0) is 17.3 Å². The normalized spacial score (nSPS) is 13.7. The first-order valence-corrected chi connectivity index (χ1v) is 9.23. The summed E-state index contributed by atoms with van der Waals surface area (Å²) in [5.41, 5.74) is 2.47. The van der Waals surface area contributed by atoms with E-state index < -0.39 is 10.8 Å². The molecule has 0 radical (unpaired) electrons. The fourth-order valence-corrected chi connectivity index (χ4v) is 3.70. The van der Waals surface area contributed by atoms with Crippen molar-refractivity contribution >= 4 is 10.8 Å². The third-order valence-corrected chi connectivity index (χ3v) is 5.21. The van der Waals surface area contributed by atoms with E-state index in [0.29, 0.717) is 5.75 Å². The molecular formula is C19H25NOS. The van der Waals surface area contributed by atoms with Crippen molar-refractivity contribution in [2.24, 2.45) is 0 Å². The smallest absolute Gasteiger partial charge is 0.0545 e. The van der Waals surface area contributed by atoms with Crippen molar-refractivity contribution in [1.82, 2.24) is 5.32 Å². The van der Waals surface area contributed by atoms with Crippen molar-refractivity contribution in [2.75, 3.05) is 5.75 Å². The molecule has 0 bridgehead atoms. The molecule has 22 heavy (non-hydrogen) atoms. The number of hydrogen-bond donors (Lipinski definition) is 1. The number of aryl methyl sites for hydroxylation is 1. The van der Waals surface area contributed by atoms with Gasteiger partial charge in [-0.15, -0.1) is 0 Å². The van der Waals surface area contributed by atoms with Gasteiger partial charge < -0.3 is 5.32 Å². The van der Waals surface area contributed by atoms with E-state index in [9.17, 15) is 4.21 Å². The molecule has 0 aromatic heterocycles. The minimum atomic E-state index is -0.944. The van der Waals surface area contributed by atoms with Crippen LogP contribution in [0.15, 0.2) is 59.5 Å². The molecule has 3 heteroatoms. The molecule has 2 atom stereocenters. The number of nitrogens with one attached hydrogen (secondary N) is 1. The van der Waals surface area contributed by atoms with Gasteiger partial charge in [0.1, 0.15) is 0 Å². The average Bonchev–Trinajstić information content (AvgIpc) is 2.54. The van der Waals surface area contributed by atoms with Gasteiger partial charge in [-0.1, -0.05) is 61.4 Å². The Hall–Kier alpha value is -1.45. The van der Waals surface area contributed by atoms with Crippen LogP contribution in [0.3, 0.4) is 0 Å². The van der Waals surface area contributed by atoms with Crippen molar-refractivity contribution in [2.45, 2.75) is 44.2 Å². The van der Waals surface area contributed by atoms with Gasteiger partial charge in [-0.2, -0.15) is 0 Å². The highest BCUT2D eigenvalue weighted by Gasteiger charge is 2.13. The third-order valence-electron chi connectivity index (χ3n) is 3.71. The molecule has 0 saturated heterocycles. The first-order valence-electron chi connectivity index (χ1n) is 7.91. The van der Waals surface area contributed by atoms with Crippen LogP contribution >= 0.6 is 0 Å². The summed E-state index contributed by atoms with van der Waals surface area (Å²) in [5, 5.41) is 3.56. The van der Waals surface area contributed by atoms with E-state index in [1.54, 1.807) is 0 Å². The maximum atomic E-state index is 12.5. The Morgan fingerprint density at radius 2 is 1.73 bits per heavy atom. The molecule has 0 aliphatic heterocycles. The zero-order valence-electron chi connectivity index (χ0n) is 13.4. The van der Waals surface area contributed by atoms with Crippen LogP contribution in [0.4, 0.5) is 0 Å². The summed E-state index contributed by atoms with van der Waals surface area (Å²) < 4.78 is 12.5. The number of hydrogen-bond acceptors (Lipinski definition) is 2. The van der Waals surface area contributed by atoms with Gasteiger partial charge in [-0.3, -0.25) is 4.21 Å². The lowest BCUT2D eigenvalue weighted by molar-refractivity contribution is 0.510. The fourth-order valence-electron chi connectivity index (χ4n) is 2.42. The van der Waals surface area contributed by atoms with E-state index in [2.05, 4.69) is 36.5 Å². The molecule has 118 valence electrons. The van der Waals surface area contributed by atoms with Crippen LogP contribution in [0.25, 0.3) is 0 Å². The van der Waals surface area contributed by atoms with E-state index in [4.69, 9.17) is 0 Å². The molecule has 0 heterocycles. The van der Waals surface area contributed by atoms with E-state index in [1.807, 2.05) is 37.3 Å². The predicted octanol–water partition coefficient (Wildman–Crippen LogP) is 4.06. The van der Waals surface area contributed by atoms with Crippen LogP contribution < -0.4 is 5.32 Å². The lowest BCUT2D eigenvalue weighted by atomic mass is 10.1. The highest BCUT2D eigenvalue weighted by molar-refractivity contribution is 7.85. The minimum absolute atomic E-state index is 0.285. The summed E-state index contributed by atoms with van der Waals surface area (Å²) in [7, 11) is -0.944. The fraction of sp³-hybridized carbons (Fsp3) is 0.368. The molecule has 1 N–H and O–H groups in total. The highest BCUT2D eigenvalue weighted by Crippen LogP contribution is 2.11. The molecule has 2 aromatic rings. The molecule has 2 rings (SSSR count). The third kappa shape index (κ3) is 5.39. The molecule has 0 amide bonds. The Balaban J connectivity index is 1.93. The molecule has 0 aliphatic carbocycles. The standard InChI is InChI=1S/C19H25NOS/c1-3-7-18(20-14-17-8-5-4-6-9-17)15-22(21)19-12-10-16(2)11-13-19/h4-6,8-13,18,20H,3,7,14-15H2,1-2H3/t18-,22?/m1/s1. The average molecular weight is 315 g/mol. The molecule has 0 aliphatic rings. The minimum Gasteiger partial charge on any atom is -0.309 e. The summed E-state index contributed by atoms with van der Waals surface area (Å²) in [6.45, 7) is 5.05. The van der Waals surface area contributed by atoms with Crippen molar-refractivity contribution < 1.29 is 4.21 Å². The van der Waals surface area contributed by atoms with Crippen molar-refractivity contribution in [3.63, 3.8) is 0 Å². The lowest BCUT2D eigenvalue weighted by Crippen LogP contribution is -2.33. The highest BCUT2D eigenvalue weighted by atomic mass is 32.2. The van der Waals surface area contributed by atoms with E-state index in [-0.39, 0.29) is 6.04 Å². The van der Waals surface area contributed by atoms with Crippen molar-refractivity contribution in [3.8, 4) is 0 Å². The number of rotatable bonds is 8. The molecule has 0 saturated carbocycles. The van der Waals surface area contributed by atoms with Gasteiger partial charge in [0.15, 0.2) is 0 Å². The summed E-state index contributed by atoms with van der Waals surface area (Å²) >= 11 is 0. The Labute approximate surface area is 136 Å². The van der Waals surface area contributed by atoms with Crippen molar-refractivity contribution in [1.29, 1.82) is 0 Å². The van der Waals surface area contributed by atoms with Gasteiger partial charge in [0.05, 0.1) is 10.8 Å². The Morgan fingerprint density at radius 1 is 1.05 bits per heavy atom. The largest absolute Gasteiger partial charge is 0.309 e. The van der Waals surface area contributed by atoms with Gasteiger partial charge in [0.2, 0.25) is 0 Å². The molecule has 2 nitrogen and oxygen atoms in total. The zero-order valence-corrected chi connectivity index (χ0v) is 14.2. The first kappa shape index (κ1) is 16.9. The van der Waals surface area contributed by atoms with E-state index >= 15 is 0 Å². The van der Waals surface area contributed by atoms with Crippen molar-refractivity contribution in [3.05, 3.63) is 65.7 Å². The van der Waals surface area contributed by atoms with Crippen LogP contribution in [0.2, 0.25) is 0 Å². The number of benzene rings is 2. The Morgan fingerprint density at radius 3 is 2.36 bits per heavy atom. The summed E-state index contributed by atoms with van der Waals surface area (Å²) in [6, 6.07) is 18.7. The topological polar surface area (TPSA) is 29.1 Å². The van der Waals surface area contributed by atoms with Gasteiger partial charge in [0, 0.05) is 23.2 Å². The van der Waals surface area contributed by atoms with Crippen LogP contribution in [0, 0.1) is 6.92 Å². The second kappa shape index (κ2) is 8.86. The van der Waals surface area contributed by atoms with Gasteiger partial charge in [-0.25, -0.2) is 0 Å². The second-order valence-corrected chi connectivity index (χ2v) is 7.17. The Bertz CT molecular complexity index is 580. The van der Waals surface area contributed by atoms with Gasteiger partial charge in [0.25, 0.3) is 0 Å². The molecule has 2 aromatic carbocycles. The van der Waals surface area contributed by atoms with Crippen LogP contribution in [0.5, 0.6) is 0 Å². The van der Waals surface area contributed by atoms with Crippen LogP contribution in [0.1, 0.15) is 30.9 Å². The Kier molecular flexibility index (Phi) is 6.81. The second-order valence-electron chi connectivity index (χ2n) is 5.68. The zero-order chi connectivity index (χ0) is 15.8. The molecule has 0 spiro atoms. The molecule has 1 unspecified atom stereocenters. The maximum absolute atomic E-state index is 12.5. The van der Waals surface area contributed by atoms with Crippen LogP contribution in [-0.4, -0.2) is 16.0 Å². The quantitative estimate of drug-likeness (QED) is 0.796. The first-order chi connectivity index (χ1) is 10.7. The van der Waals surface area contributed by atoms with Gasteiger partial charge in [-0.05, 0) is 31.0 Å². The summed E-state index contributed by atoms with van der Waals surface area (Å²) in [5.74, 6) is 0.670. The molecule has 0 fully saturated rings. The monoisotopic (exact) mass is 315 g/mol. The maximum Gasteiger partial charge on any atom is 0.0545 e.